The van der Waals surface area contributed by atoms with Gasteiger partial charge in [-0.3, -0.25) is 0 Å². The molecule has 0 aromatic heterocycles. The minimum absolute atomic E-state index is 0.227. The van der Waals surface area contributed by atoms with E-state index in [1.165, 1.54) is 18.9 Å². The van der Waals surface area contributed by atoms with Crippen molar-refractivity contribution in [2.45, 2.75) is 31.1 Å². The zero-order valence-corrected chi connectivity index (χ0v) is 8.46. The molecule has 2 fully saturated rings. The van der Waals surface area contributed by atoms with E-state index in [1.54, 1.807) is 12.1 Å². The van der Waals surface area contributed by atoms with Gasteiger partial charge in [-0.05, 0) is 37.2 Å². The van der Waals surface area contributed by atoms with Gasteiger partial charge in [0.15, 0.2) is 0 Å². The van der Waals surface area contributed by atoms with Crippen LogP contribution in [0.25, 0.3) is 0 Å². The first-order valence-corrected chi connectivity index (χ1v) is 5.36. The monoisotopic (exact) mass is 201 g/mol. The molecule has 1 nitrogen and oxygen atoms in total. The van der Waals surface area contributed by atoms with E-state index in [9.17, 15) is 9.65 Å². The first-order chi connectivity index (χ1) is 7.20. The van der Waals surface area contributed by atoms with Crippen LogP contribution in [-0.4, -0.2) is 0 Å². The molecule has 0 atom stereocenters. The van der Waals surface area contributed by atoms with Gasteiger partial charge >= 0.3 is 0 Å². The van der Waals surface area contributed by atoms with Gasteiger partial charge in [0.1, 0.15) is 5.82 Å². The summed E-state index contributed by atoms with van der Waals surface area (Å²) in [6.45, 7) is 0. The largest absolute Gasteiger partial charge is 0.207 e. The zero-order valence-electron chi connectivity index (χ0n) is 8.46. The topological polar surface area (TPSA) is 23.8 Å². The first-order valence-electron chi connectivity index (χ1n) is 5.36. The van der Waals surface area contributed by atoms with Crippen molar-refractivity contribution in [3.63, 3.8) is 0 Å². The van der Waals surface area contributed by atoms with Crippen molar-refractivity contribution in [3.8, 4) is 6.07 Å². The Bertz CT molecular complexity index is 446. The summed E-state index contributed by atoms with van der Waals surface area (Å²) in [4.78, 5) is 0. The van der Waals surface area contributed by atoms with Gasteiger partial charge in [0.2, 0.25) is 0 Å². The fraction of sp³-hybridized carbons (Fsp3) is 0.462. The van der Waals surface area contributed by atoms with Crippen molar-refractivity contribution < 1.29 is 4.39 Å². The van der Waals surface area contributed by atoms with Crippen LogP contribution in [0.4, 0.5) is 4.39 Å². The Kier molecular flexibility index (Phi) is 1.55. The van der Waals surface area contributed by atoms with E-state index >= 15 is 0 Å². The number of benzene rings is 1. The third-order valence-corrected chi connectivity index (χ3v) is 3.91. The molecule has 3 rings (SSSR count). The molecular weight excluding hydrogens is 189 g/mol. The summed E-state index contributed by atoms with van der Waals surface area (Å²) in [7, 11) is 0. The van der Waals surface area contributed by atoms with Gasteiger partial charge in [0.25, 0.3) is 0 Å². The maximum atomic E-state index is 13.6. The number of nitrogens with zero attached hydrogens (tertiary/aromatic N) is 1. The highest BCUT2D eigenvalue weighted by atomic mass is 19.1. The number of rotatable bonds is 1. The molecule has 2 heteroatoms. The Labute approximate surface area is 88.5 Å². The summed E-state index contributed by atoms with van der Waals surface area (Å²) < 4.78 is 13.6. The molecule has 0 unspecified atom stereocenters. The van der Waals surface area contributed by atoms with Crippen LogP contribution >= 0.6 is 0 Å². The predicted molar refractivity (Wildman–Crippen MR) is 54.6 cm³/mol. The Balaban J connectivity index is 1.99. The SMILES string of the molecule is N#CC1(c2ccccc2F)CC2(CC2)C1. The standard InChI is InChI=1S/C13H12FN/c14-11-4-2-1-3-10(11)13(9-15)7-12(8-13)5-6-12/h1-4H,5-8H2. The summed E-state index contributed by atoms with van der Waals surface area (Å²) >= 11 is 0. The summed E-state index contributed by atoms with van der Waals surface area (Å²) in [6.07, 6.45) is 4.17. The lowest BCUT2D eigenvalue weighted by atomic mass is 9.57. The molecule has 1 aromatic carbocycles. The molecule has 0 aliphatic heterocycles. The van der Waals surface area contributed by atoms with Gasteiger partial charge in [0, 0.05) is 5.56 Å². The third kappa shape index (κ3) is 1.13. The first kappa shape index (κ1) is 8.91. The van der Waals surface area contributed by atoms with E-state index in [1.807, 2.05) is 6.07 Å². The van der Waals surface area contributed by atoms with Crippen molar-refractivity contribution in [3.05, 3.63) is 35.6 Å². The van der Waals surface area contributed by atoms with Crippen LogP contribution in [0.1, 0.15) is 31.2 Å². The zero-order chi connectivity index (χ0) is 10.5. The lowest BCUT2D eigenvalue weighted by molar-refractivity contribution is 0.168. The van der Waals surface area contributed by atoms with Crippen molar-refractivity contribution in [1.82, 2.24) is 0 Å². The molecule has 2 aliphatic rings. The Morgan fingerprint density at radius 3 is 2.40 bits per heavy atom. The van der Waals surface area contributed by atoms with Crippen molar-refractivity contribution in [2.75, 3.05) is 0 Å². The van der Waals surface area contributed by atoms with Crippen LogP contribution in [0.15, 0.2) is 24.3 Å². The highest BCUT2D eigenvalue weighted by Crippen LogP contribution is 2.68. The van der Waals surface area contributed by atoms with Gasteiger partial charge in [0.05, 0.1) is 11.5 Å². The second-order valence-corrected chi connectivity index (χ2v) is 5.03. The van der Waals surface area contributed by atoms with E-state index in [2.05, 4.69) is 6.07 Å². The fourth-order valence-corrected chi connectivity index (χ4v) is 2.94. The van der Waals surface area contributed by atoms with Crippen LogP contribution < -0.4 is 0 Å². The third-order valence-electron chi connectivity index (χ3n) is 3.91. The van der Waals surface area contributed by atoms with Gasteiger partial charge in [-0.2, -0.15) is 5.26 Å². The fourth-order valence-electron chi connectivity index (χ4n) is 2.94. The highest BCUT2D eigenvalue weighted by molar-refractivity contribution is 5.40. The normalized spacial score (nSPS) is 24.3. The average Bonchev–Trinajstić information content (AvgIpc) is 2.96. The van der Waals surface area contributed by atoms with Crippen LogP contribution in [0.5, 0.6) is 0 Å². The van der Waals surface area contributed by atoms with Crippen LogP contribution in [-0.2, 0) is 5.41 Å². The lowest BCUT2D eigenvalue weighted by Crippen LogP contribution is -2.42. The number of hydrogen-bond acceptors (Lipinski definition) is 1. The van der Waals surface area contributed by atoms with Gasteiger partial charge < -0.3 is 0 Å². The van der Waals surface area contributed by atoms with Crippen LogP contribution in [0.2, 0.25) is 0 Å². The Morgan fingerprint density at radius 1 is 1.20 bits per heavy atom. The predicted octanol–water partition coefficient (Wildman–Crippen LogP) is 3.16. The Hall–Kier alpha value is -1.36. The quantitative estimate of drug-likeness (QED) is 0.684. The van der Waals surface area contributed by atoms with Crippen LogP contribution in [0.3, 0.4) is 0 Å². The van der Waals surface area contributed by atoms with E-state index in [4.69, 9.17) is 0 Å². The molecule has 2 aliphatic carbocycles. The molecule has 1 aromatic rings. The smallest absolute Gasteiger partial charge is 0.128 e. The number of hydrogen-bond donors (Lipinski definition) is 0. The molecule has 0 amide bonds. The van der Waals surface area contributed by atoms with Gasteiger partial charge in [-0.25, -0.2) is 4.39 Å². The average molecular weight is 201 g/mol. The maximum Gasteiger partial charge on any atom is 0.128 e. The number of nitriles is 1. The van der Waals surface area contributed by atoms with E-state index in [-0.39, 0.29) is 5.82 Å². The molecule has 2 saturated carbocycles. The summed E-state index contributed by atoms with van der Waals surface area (Å²) in [5.41, 5.74) is 0.491. The molecule has 0 radical (unpaired) electrons. The molecule has 76 valence electrons. The maximum absolute atomic E-state index is 13.6. The highest BCUT2D eigenvalue weighted by Gasteiger charge is 2.62. The molecule has 15 heavy (non-hydrogen) atoms. The minimum atomic E-state index is -0.526. The molecule has 0 bridgehead atoms. The minimum Gasteiger partial charge on any atom is -0.207 e. The van der Waals surface area contributed by atoms with Crippen LogP contribution in [0, 0.1) is 22.6 Å². The lowest BCUT2D eigenvalue weighted by Gasteiger charge is -2.43. The number of halogens is 1. The van der Waals surface area contributed by atoms with Crippen molar-refractivity contribution in [1.29, 1.82) is 5.26 Å². The second kappa shape index (κ2) is 2.61. The molecule has 0 saturated heterocycles. The summed E-state index contributed by atoms with van der Waals surface area (Å²) in [6, 6.07) is 9.03. The molecule has 1 spiro atoms. The van der Waals surface area contributed by atoms with E-state index < -0.39 is 5.41 Å². The summed E-state index contributed by atoms with van der Waals surface area (Å²) in [5, 5.41) is 9.26. The van der Waals surface area contributed by atoms with Crippen molar-refractivity contribution >= 4 is 0 Å². The van der Waals surface area contributed by atoms with Gasteiger partial charge in [-0.15, -0.1) is 0 Å². The van der Waals surface area contributed by atoms with E-state index in [0.717, 1.165) is 12.8 Å². The molecular formula is C13H12FN. The van der Waals surface area contributed by atoms with Crippen molar-refractivity contribution in [2.24, 2.45) is 5.41 Å². The van der Waals surface area contributed by atoms with E-state index in [0.29, 0.717) is 11.0 Å². The molecule has 0 N–H and O–H groups in total. The van der Waals surface area contributed by atoms with Gasteiger partial charge in [-0.1, -0.05) is 18.2 Å². The Morgan fingerprint density at radius 2 is 1.87 bits per heavy atom. The molecule has 0 heterocycles. The summed E-state index contributed by atoms with van der Waals surface area (Å²) in [5.74, 6) is -0.227. The second-order valence-electron chi connectivity index (χ2n) is 5.03.